The lowest BCUT2D eigenvalue weighted by Crippen LogP contribution is -2.48. The number of amides is 1. The summed E-state index contributed by atoms with van der Waals surface area (Å²) in [6, 6.07) is 8.37. The summed E-state index contributed by atoms with van der Waals surface area (Å²) in [6.45, 7) is 3.42. The second kappa shape index (κ2) is 9.24. The number of hydrogen-bond donors (Lipinski definition) is 1. The third kappa shape index (κ3) is 5.04. The molecule has 0 bridgehead atoms. The number of nitrogens with zero attached hydrogens (tertiary/aromatic N) is 3. The Balaban J connectivity index is 1.52. The van der Waals surface area contributed by atoms with Gasteiger partial charge in [0, 0.05) is 52.5 Å². The van der Waals surface area contributed by atoms with Gasteiger partial charge >= 0.3 is 0 Å². The van der Waals surface area contributed by atoms with Gasteiger partial charge in [0.25, 0.3) is 10.2 Å². The third-order valence-corrected chi connectivity index (χ3v) is 7.57. The van der Waals surface area contributed by atoms with Crippen LogP contribution >= 0.6 is 0 Å². The zero-order valence-electron chi connectivity index (χ0n) is 16.9. The van der Waals surface area contributed by atoms with Gasteiger partial charge in [-0.2, -0.15) is 17.0 Å². The zero-order chi connectivity index (χ0) is 20.1. The van der Waals surface area contributed by atoms with E-state index >= 15 is 0 Å². The summed E-state index contributed by atoms with van der Waals surface area (Å²) >= 11 is 0. The minimum Gasteiger partial charge on any atom is -0.372 e. The Hall–Kier alpha value is -1.64. The van der Waals surface area contributed by atoms with Crippen LogP contribution in [0.2, 0.25) is 0 Å². The Bertz CT molecular complexity index is 758. The Kier molecular flexibility index (Phi) is 6.95. The van der Waals surface area contributed by atoms with Crippen LogP contribution in [0.4, 0.5) is 5.69 Å². The van der Waals surface area contributed by atoms with Crippen LogP contribution in [0.25, 0.3) is 0 Å². The summed E-state index contributed by atoms with van der Waals surface area (Å²) in [7, 11) is -0.426. The Labute approximate surface area is 168 Å². The quantitative estimate of drug-likeness (QED) is 0.779. The highest BCUT2D eigenvalue weighted by Crippen LogP contribution is 2.22. The van der Waals surface area contributed by atoms with E-state index in [9.17, 15) is 13.2 Å². The smallest absolute Gasteiger partial charge is 0.281 e. The normalized spacial score (nSPS) is 21.7. The summed E-state index contributed by atoms with van der Waals surface area (Å²) in [6.07, 6.45) is 5.24. The summed E-state index contributed by atoms with van der Waals surface area (Å²) < 4.78 is 27.2. The van der Waals surface area contributed by atoms with E-state index in [1.807, 2.05) is 0 Å². The van der Waals surface area contributed by atoms with E-state index < -0.39 is 10.2 Å². The van der Waals surface area contributed by atoms with E-state index in [1.165, 1.54) is 47.7 Å². The fourth-order valence-electron chi connectivity index (χ4n) is 3.91. The van der Waals surface area contributed by atoms with Crippen LogP contribution < -0.4 is 10.2 Å². The van der Waals surface area contributed by atoms with E-state index in [2.05, 4.69) is 34.5 Å². The first kappa shape index (κ1) is 21.1. The van der Waals surface area contributed by atoms with Crippen LogP contribution in [0.15, 0.2) is 24.3 Å². The molecule has 1 atom stereocenters. The van der Waals surface area contributed by atoms with Crippen LogP contribution in [0.3, 0.4) is 0 Å². The molecule has 8 heteroatoms. The molecule has 2 aliphatic rings. The molecular weight excluding hydrogens is 376 g/mol. The predicted octanol–water partition coefficient (Wildman–Crippen LogP) is 1.81. The van der Waals surface area contributed by atoms with E-state index in [1.54, 1.807) is 0 Å². The zero-order valence-corrected chi connectivity index (χ0v) is 17.7. The van der Waals surface area contributed by atoms with Crippen molar-refractivity contribution in [2.24, 2.45) is 5.92 Å². The lowest BCUT2D eigenvalue weighted by molar-refractivity contribution is -0.126. The molecule has 0 radical (unpaired) electrons. The molecule has 1 amide bonds. The van der Waals surface area contributed by atoms with Gasteiger partial charge in [0.05, 0.1) is 5.92 Å². The summed E-state index contributed by atoms with van der Waals surface area (Å²) in [5.74, 6) is -0.366. The topological polar surface area (TPSA) is 73.0 Å². The molecule has 2 fully saturated rings. The van der Waals surface area contributed by atoms with Crippen LogP contribution in [0.1, 0.15) is 37.7 Å². The number of anilines is 1. The molecule has 2 aliphatic heterocycles. The van der Waals surface area contributed by atoms with Crippen molar-refractivity contribution in [2.75, 3.05) is 45.2 Å². The van der Waals surface area contributed by atoms with Gasteiger partial charge in [-0.15, -0.1) is 0 Å². The lowest BCUT2D eigenvalue weighted by Gasteiger charge is -2.32. The van der Waals surface area contributed by atoms with E-state index in [4.69, 9.17) is 0 Å². The number of carbonyl (C=O) groups is 1. The molecule has 1 aromatic carbocycles. The average molecular weight is 409 g/mol. The van der Waals surface area contributed by atoms with Gasteiger partial charge in [-0.25, -0.2) is 0 Å². The first-order valence-electron chi connectivity index (χ1n) is 10.2. The third-order valence-electron chi connectivity index (χ3n) is 5.67. The fraction of sp³-hybridized carbons (Fsp3) is 0.650. The first-order valence-corrected chi connectivity index (χ1v) is 11.6. The number of hydrogen-bond acceptors (Lipinski definition) is 4. The number of benzene rings is 1. The van der Waals surface area contributed by atoms with Crippen LogP contribution in [-0.2, 0) is 21.5 Å². The molecule has 2 saturated heterocycles. The number of nitrogens with one attached hydrogen (secondary N) is 1. The molecule has 3 rings (SSSR count). The Morgan fingerprint density at radius 1 is 1.07 bits per heavy atom. The van der Waals surface area contributed by atoms with E-state index in [0.717, 1.165) is 25.1 Å². The summed E-state index contributed by atoms with van der Waals surface area (Å²) in [5.41, 5.74) is 2.30. The molecule has 156 valence electrons. The van der Waals surface area contributed by atoms with Crippen LogP contribution in [-0.4, -0.2) is 63.2 Å². The van der Waals surface area contributed by atoms with E-state index in [0.29, 0.717) is 19.5 Å². The van der Waals surface area contributed by atoms with Gasteiger partial charge in [-0.1, -0.05) is 12.1 Å². The number of piperidine rings is 2. The highest BCUT2D eigenvalue weighted by molar-refractivity contribution is 7.86. The van der Waals surface area contributed by atoms with Crippen molar-refractivity contribution in [1.29, 1.82) is 0 Å². The van der Waals surface area contributed by atoms with Gasteiger partial charge < -0.3 is 10.2 Å². The van der Waals surface area contributed by atoms with Gasteiger partial charge in [-0.3, -0.25) is 4.79 Å². The minimum absolute atomic E-state index is 0.0706. The van der Waals surface area contributed by atoms with Crippen molar-refractivity contribution in [2.45, 2.75) is 38.6 Å². The molecule has 0 aromatic heterocycles. The Morgan fingerprint density at radius 3 is 2.39 bits per heavy atom. The average Bonchev–Trinajstić information content (AvgIpc) is 2.73. The van der Waals surface area contributed by atoms with Crippen molar-refractivity contribution in [3.8, 4) is 0 Å². The first-order chi connectivity index (χ1) is 13.4. The van der Waals surface area contributed by atoms with E-state index in [-0.39, 0.29) is 18.4 Å². The van der Waals surface area contributed by atoms with Gasteiger partial charge in [0.15, 0.2) is 0 Å². The largest absolute Gasteiger partial charge is 0.372 e. The SMILES string of the molecule is CN(C)S(=O)(=O)N1CCCC(C(=O)NCc2ccc(N3CCCCC3)cc2)C1. The summed E-state index contributed by atoms with van der Waals surface area (Å²) in [5, 5.41) is 2.98. The second-order valence-corrected chi connectivity index (χ2v) is 10.1. The van der Waals surface area contributed by atoms with Gasteiger partial charge in [0.2, 0.25) is 5.91 Å². The maximum atomic E-state index is 12.6. The van der Waals surface area contributed by atoms with Crippen molar-refractivity contribution in [3.63, 3.8) is 0 Å². The molecule has 28 heavy (non-hydrogen) atoms. The molecule has 1 aromatic rings. The van der Waals surface area contributed by atoms with Crippen molar-refractivity contribution >= 4 is 21.8 Å². The standard InChI is InChI=1S/C20H32N4O3S/c1-22(2)28(26,27)24-14-6-7-18(16-24)20(25)21-15-17-8-10-19(11-9-17)23-12-4-3-5-13-23/h8-11,18H,3-7,12-16H2,1-2H3,(H,21,25). The van der Waals surface area contributed by atoms with Crippen molar-refractivity contribution < 1.29 is 13.2 Å². The lowest BCUT2D eigenvalue weighted by atomic mass is 9.98. The fourth-order valence-corrected chi connectivity index (χ4v) is 5.10. The maximum Gasteiger partial charge on any atom is 0.281 e. The van der Waals surface area contributed by atoms with Crippen molar-refractivity contribution in [3.05, 3.63) is 29.8 Å². The Morgan fingerprint density at radius 2 is 1.75 bits per heavy atom. The molecule has 0 spiro atoms. The highest BCUT2D eigenvalue weighted by atomic mass is 32.2. The maximum absolute atomic E-state index is 12.6. The van der Waals surface area contributed by atoms with Crippen molar-refractivity contribution in [1.82, 2.24) is 13.9 Å². The molecular formula is C20H32N4O3S. The monoisotopic (exact) mass is 408 g/mol. The highest BCUT2D eigenvalue weighted by Gasteiger charge is 2.33. The second-order valence-electron chi connectivity index (χ2n) is 7.92. The number of rotatable bonds is 6. The molecule has 1 N–H and O–H groups in total. The molecule has 2 heterocycles. The molecule has 0 saturated carbocycles. The van der Waals surface area contributed by atoms with Gasteiger partial charge in [0.1, 0.15) is 0 Å². The predicted molar refractivity (Wildman–Crippen MR) is 111 cm³/mol. The number of carbonyl (C=O) groups excluding carboxylic acids is 1. The molecule has 0 aliphatic carbocycles. The minimum atomic E-state index is -3.47. The molecule has 7 nitrogen and oxygen atoms in total. The van der Waals surface area contributed by atoms with Crippen LogP contribution in [0.5, 0.6) is 0 Å². The molecule has 1 unspecified atom stereocenters. The van der Waals surface area contributed by atoms with Gasteiger partial charge in [-0.05, 0) is 49.8 Å². The van der Waals surface area contributed by atoms with Crippen LogP contribution in [0, 0.1) is 5.92 Å². The summed E-state index contributed by atoms with van der Waals surface area (Å²) in [4.78, 5) is 15.0.